The van der Waals surface area contributed by atoms with Crippen LogP contribution in [-0.2, 0) is 11.2 Å². The van der Waals surface area contributed by atoms with Crippen LogP contribution in [0.5, 0.6) is 11.5 Å². The van der Waals surface area contributed by atoms with Gasteiger partial charge in [0.25, 0.3) is 5.91 Å². The average Bonchev–Trinajstić information content (AvgIpc) is 3.70. The van der Waals surface area contributed by atoms with Crippen LogP contribution in [0.2, 0.25) is 0 Å². The van der Waals surface area contributed by atoms with Gasteiger partial charge < -0.3 is 19.9 Å². The molecule has 3 aromatic rings. The second-order valence-corrected chi connectivity index (χ2v) is 9.28. The van der Waals surface area contributed by atoms with Gasteiger partial charge in [-0.05, 0) is 68.4 Å². The summed E-state index contributed by atoms with van der Waals surface area (Å²) in [6, 6.07) is 10.5. The highest BCUT2D eigenvalue weighted by atomic mass is 19.2. The minimum absolute atomic E-state index is 0.112. The van der Waals surface area contributed by atoms with Crippen molar-refractivity contribution < 1.29 is 37.3 Å². The lowest BCUT2D eigenvalue weighted by molar-refractivity contribution is -0.135. The Hall–Kier alpha value is -4.01. The second kappa shape index (κ2) is 11.6. The third-order valence-corrected chi connectivity index (χ3v) is 6.29. The van der Waals surface area contributed by atoms with Crippen molar-refractivity contribution in [2.45, 2.75) is 45.6 Å². The number of carboxylic acid groups (broad SMARTS) is 1. The van der Waals surface area contributed by atoms with Crippen LogP contribution in [0.3, 0.4) is 0 Å². The molecular weight excluding hydrogens is 499 g/mol. The molecule has 0 unspecified atom stereocenters. The van der Waals surface area contributed by atoms with E-state index < -0.39 is 35.9 Å². The molecule has 6 nitrogen and oxygen atoms in total. The van der Waals surface area contributed by atoms with E-state index in [2.05, 4.69) is 5.32 Å². The zero-order valence-corrected chi connectivity index (χ0v) is 21.1. The molecule has 1 amide bonds. The number of benzene rings is 3. The molecule has 2 N–H and O–H groups in total. The van der Waals surface area contributed by atoms with E-state index in [4.69, 9.17) is 14.6 Å². The fraction of sp³-hybridized carbons (Fsp3) is 0.310. The molecular formula is C29H28F3NO5. The van der Waals surface area contributed by atoms with E-state index in [0.29, 0.717) is 23.5 Å². The Morgan fingerprint density at radius 3 is 2.42 bits per heavy atom. The number of carbonyl (C=O) groups is 2. The van der Waals surface area contributed by atoms with E-state index in [1.807, 2.05) is 19.1 Å². The van der Waals surface area contributed by atoms with Crippen LogP contribution < -0.4 is 14.8 Å². The Morgan fingerprint density at radius 2 is 1.74 bits per heavy atom. The van der Waals surface area contributed by atoms with Crippen molar-refractivity contribution in [3.05, 3.63) is 82.2 Å². The highest BCUT2D eigenvalue weighted by Gasteiger charge is 2.27. The van der Waals surface area contributed by atoms with Gasteiger partial charge >= 0.3 is 5.97 Å². The Labute approximate surface area is 218 Å². The van der Waals surface area contributed by atoms with Crippen molar-refractivity contribution in [2.75, 3.05) is 13.2 Å². The normalized spacial score (nSPS) is 13.9. The molecule has 0 aromatic heterocycles. The van der Waals surface area contributed by atoms with Gasteiger partial charge in [0.2, 0.25) is 0 Å². The number of hydrogen-bond acceptors (Lipinski definition) is 4. The van der Waals surface area contributed by atoms with Crippen molar-refractivity contribution in [1.82, 2.24) is 5.32 Å². The molecule has 0 saturated heterocycles. The topological polar surface area (TPSA) is 84.9 Å². The predicted octanol–water partition coefficient (Wildman–Crippen LogP) is 5.75. The number of hydrogen-bond donors (Lipinski definition) is 2. The highest BCUT2D eigenvalue weighted by Crippen LogP contribution is 2.43. The molecule has 200 valence electrons. The van der Waals surface area contributed by atoms with Crippen molar-refractivity contribution in [2.24, 2.45) is 0 Å². The van der Waals surface area contributed by atoms with Crippen molar-refractivity contribution in [3.8, 4) is 22.6 Å². The molecule has 0 spiro atoms. The Morgan fingerprint density at radius 1 is 1.00 bits per heavy atom. The van der Waals surface area contributed by atoms with Crippen molar-refractivity contribution in [3.63, 3.8) is 0 Å². The summed E-state index contributed by atoms with van der Waals surface area (Å²) >= 11 is 0. The van der Waals surface area contributed by atoms with Gasteiger partial charge in [0.05, 0.1) is 18.3 Å². The highest BCUT2D eigenvalue weighted by molar-refractivity contribution is 5.97. The molecule has 38 heavy (non-hydrogen) atoms. The Bertz CT molecular complexity index is 1350. The van der Waals surface area contributed by atoms with Gasteiger partial charge in [0, 0.05) is 17.2 Å². The first-order chi connectivity index (χ1) is 18.2. The molecule has 1 saturated carbocycles. The molecule has 2 aliphatic rings. The number of halogens is 3. The number of rotatable bonds is 6. The first-order valence-electron chi connectivity index (χ1n) is 12.3. The van der Waals surface area contributed by atoms with Crippen LogP contribution in [0.15, 0.2) is 42.5 Å². The third kappa shape index (κ3) is 6.27. The Kier molecular flexibility index (Phi) is 8.24. The van der Waals surface area contributed by atoms with E-state index >= 15 is 0 Å². The molecule has 9 heteroatoms. The number of aliphatic carboxylic acids is 1. The standard InChI is InChI=1S/C19H18F2O2.C10H10FNO3/c1-11-4-7-14(19-13(11)3-2-8-22-19)15-9-16(20)17(21)10-18(15)23-12-5-6-12;1-6-3-2-4-7(11)9(6)10(15)12-5-8(13)14/h4,7,9-10,12H,2-3,5-6,8H2,1H3;2-4H,5H2,1H3,(H,12,15)(H,13,14). The lowest BCUT2D eigenvalue weighted by atomic mass is 9.93. The first kappa shape index (κ1) is 27.0. The molecule has 1 fully saturated rings. The minimum Gasteiger partial charge on any atom is -0.493 e. The third-order valence-electron chi connectivity index (χ3n) is 6.29. The maximum absolute atomic E-state index is 13.8. The number of fused-ring (bicyclic) bond motifs is 1. The monoisotopic (exact) mass is 527 g/mol. The molecule has 5 rings (SSSR count). The van der Waals surface area contributed by atoms with E-state index in [1.54, 1.807) is 13.0 Å². The average molecular weight is 528 g/mol. The van der Waals surface area contributed by atoms with Gasteiger partial charge in [-0.1, -0.05) is 24.3 Å². The summed E-state index contributed by atoms with van der Waals surface area (Å²) in [5.74, 6) is -3.11. The zero-order valence-electron chi connectivity index (χ0n) is 21.1. The fourth-order valence-electron chi connectivity index (χ4n) is 4.20. The summed E-state index contributed by atoms with van der Waals surface area (Å²) < 4.78 is 52.4. The summed E-state index contributed by atoms with van der Waals surface area (Å²) in [5, 5.41) is 10.4. The van der Waals surface area contributed by atoms with E-state index in [-0.39, 0.29) is 11.7 Å². The molecule has 1 aliphatic heterocycles. The van der Waals surface area contributed by atoms with Crippen molar-refractivity contribution in [1.29, 1.82) is 0 Å². The number of carbonyl (C=O) groups excluding carboxylic acids is 1. The predicted molar refractivity (Wildman–Crippen MR) is 135 cm³/mol. The summed E-state index contributed by atoms with van der Waals surface area (Å²) in [6.07, 6.45) is 3.95. The largest absolute Gasteiger partial charge is 0.493 e. The molecule has 3 aromatic carbocycles. The molecule has 0 bridgehead atoms. The SMILES string of the molecule is Cc1ccc(-c2cc(F)c(F)cc2OC2CC2)c2c1CCCO2.Cc1cccc(F)c1C(=O)NCC(=O)O. The lowest BCUT2D eigenvalue weighted by Crippen LogP contribution is -2.30. The molecule has 1 heterocycles. The fourth-order valence-corrected chi connectivity index (χ4v) is 4.20. The summed E-state index contributed by atoms with van der Waals surface area (Å²) in [6.45, 7) is 3.75. The van der Waals surface area contributed by atoms with Crippen LogP contribution in [0.1, 0.15) is 46.3 Å². The quantitative estimate of drug-likeness (QED) is 0.426. The zero-order chi connectivity index (χ0) is 27.4. The number of amides is 1. The van der Waals surface area contributed by atoms with Crippen LogP contribution in [0.25, 0.3) is 11.1 Å². The molecule has 0 atom stereocenters. The van der Waals surface area contributed by atoms with Crippen LogP contribution >= 0.6 is 0 Å². The van der Waals surface area contributed by atoms with Gasteiger partial charge in [-0.2, -0.15) is 0 Å². The van der Waals surface area contributed by atoms with Crippen LogP contribution in [0, 0.1) is 31.3 Å². The van der Waals surface area contributed by atoms with Gasteiger partial charge in [-0.15, -0.1) is 0 Å². The lowest BCUT2D eigenvalue weighted by Gasteiger charge is -2.23. The number of aryl methyl sites for hydroxylation is 2. The maximum atomic E-state index is 13.8. The number of nitrogens with one attached hydrogen (secondary N) is 1. The van der Waals surface area contributed by atoms with Crippen molar-refractivity contribution >= 4 is 11.9 Å². The molecule has 0 radical (unpaired) electrons. The second-order valence-electron chi connectivity index (χ2n) is 9.28. The van der Waals surface area contributed by atoms with E-state index in [0.717, 1.165) is 60.3 Å². The summed E-state index contributed by atoms with van der Waals surface area (Å²) in [5.41, 5.74) is 4.01. The van der Waals surface area contributed by atoms with Gasteiger partial charge in [0.1, 0.15) is 23.9 Å². The van der Waals surface area contributed by atoms with E-state index in [1.165, 1.54) is 12.1 Å². The number of carboxylic acids is 1. The minimum atomic E-state index is -1.17. The first-order valence-corrected chi connectivity index (χ1v) is 12.3. The van der Waals surface area contributed by atoms with Gasteiger partial charge in [0.15, 0.2) is 11.6 Å². The Balaban J connectivity index is 0.000000196. The molecule has 1 aliphatic carbocycles. The van der Waals surface area contributed by atoms with Gasteiger partial charge in [-0.25, -0.2) is 13.2 Å². The maximum Gasteiger partial charge on any atom is 0.322 e. The smallest absolute Gasteiger partial charge is 0.322 e. The van der Waals surface area contributed by atoms with E-state index in [9.17, 15) is 22.8 Å². The van der Waals surface area contributed by atoms with Crippen LogP contribution in [0.4, 0.5) is 13.2 Å². The summed E-state index contributed by atoms with van der Waals surface area (Å²) in [7, 11) is 0. The number of ether oxygens (including phenoxy) is 2. The van der Waals surface area contributed by atoms with Crippen LogP contribution in [-0.4, -0.2) is 36.2 Å². The summed E-state index contributed by atoms with van der Waals surface area (Å²) in [4.78, 5) is 21.6. The van der Waals surface area contributed by atoms with Gasteiger partial charge in [-0.3, -0.25) is 9.59 Å².